The molecule has 0 spiro atoms. The number of ether oxygens (including phenoxy) is 1. The van der Waals surface area contributed by atoms with E-state index in [0.29, 0.717) is 17.1 Å². The summed E-state index contributed by atoms with van der Waals surface area (Å²) in [5.74, 6) is -1.16. The summed E-state index contributed by atoms with van der Waals surface area (Å²) in [6.07, 6.45) is 2.09. The molecule has 0 aliphatic carbocycles. The van der Waals surface area contributed by atoms with E-state index in [0.717, 1.165) is 5.56 Å². The molecule has 0 saturated carbocycles. The SMILES string of the molecule is Cc1ccccc1Oc1cccc([C@H](CC(=O)O)NC(=O)NC2C(=O)C=CN(C)C2=O)c1.[H-].[Na+]. The monoisotopic (exact) mass is 461 g/mol. The van der Waals surface area contributed by atoms with Crippen LogP contribution in [0.2, 0.25) is 0 Å². The number of rotatable bonds is 7. The zero-order valence-corrected chi connectivity index (χ0v) is 20.6. The van der Waals surface area contributed by atoms with Gasteiger partial charge in [0.15, 0.2) is 11.8 Å². The van der Waals surface area contributed by atoms with Gasteiger partial charge in [0, 0.05) is 19.3 Å². The first-order valence-electron chi connectivity index (χ1n) is 9.85. The van der Waals surface area contributed by atoms with Gasteiger partial charge in [-0.2, -0.15) is 0 Å². The molecule has 1 aliphatic heterocycles. The maximum absolute atomic E-state index is 12.5. The number of carboxylic acid groups (broad SMARTS) is 1. The third-order valence-electron chi connectivity index (χ3n) is 4.88. The van der Waals surface area contributed by atoms with Crippen LogP contribution >= 0.6 is 0 Å². The first-order valence-corrected chi connectivity index (χ1v) is 9.85. The second-order valence-electron chi connectivity index (χ2n) is 7.31. The van der Waals surface area contributed by atoms with Crippen LogP contribution in [0.1, 0.15) is 25.0 Å². The maximum atomic E-state index is 12.5. The summed E-state index contributed by atoms with van der Waals surface area (Å²) in [6.45, 7) is 1.90. The number of carbonyl (C=O) groups excluding carboxylic acids is 3. The van der Waals surface area contributed by atoms with E-state index < -0.39 is 42.2 Å². The number of likely N-dealkylation sites (N-methyl/N-ethyl adjacent to an activating group) is 1. The predicted molar refractivity (Wildman–Crippen MR) is 116 cm³/mol. The third-order valence-corrected chi connectivity index (χ3v) is 4.88. The van der Waals surface area contributed by atoms with Crippen LogP contribution in [0.5, 0.6) is 11.5 Å². The van der Waals surface area contributed by atoms with Gasteiger partial charge in [-0.3, -0.25) is 14.4 Å². The van der Waals surface area contributed by atoms with E-state index in [4.69, 9.17) is 4.74 Å². The van der Waals surface area contributed by atoms with Crippen molar-refractivity contribution in [3.8, 4) is 11.5 Å². The molecule has 1 heterocycles. The van der Waals surface area contributed by atoms with E-state index in [1.54, 1.807) is 24.3 Å². The Kier molecular flexibility index (Phi) is 9.22. The minimum Gasteiger partial charge on any atom is -1.00 e. The van der Waals surface area contributed by atoms with Crippen molar-refractivity contribution in [2.75, 3.05) is 7.05 Å². The van der Waals surface area contributed by atoms with Crippen molar-refractivity contribution >= 4 is 23.7 Å². The molecule has 2 atom stereocenters. The van der Waals surface area contributed by atoms with Gasteiger partial charge < -0.3 is 26.8 Å². The molecular weight excluding hydrogens is 437 g/mol. The standard InChI is InChI=1S/C23H23N3O6.Na.H/c1-14-6-3-4-9-19(14)32-16-8-5-7-15(12-16)17(13-20(28)29)24-23(31)25-21-18(27)10-11-26(2)22(21)30;;/h3-12,17,21H,13H2,1-2H3,(H,28,29)(H2,24,25,31);;/q;+1;-1/t17-,21?;;/m0../s1. The van der Waals surface area contributed by atoms with Crippen molar-refractivity contribution in [1.29, 1.82) is 0 Å². The molecule has 0 radical (unpaired) electrons. The average molecular weight is 461 g/mol. The molecule has 2 aromatic carbocycles. The van der Waals surface area contributed by atoms with E-state index in [1.165, 1.54) is 24.2 Å². The van der Waals surface area contributed by atoms with Crippen LogP contribution in [0, 0.1) is 6.92 Å². The van der Waals surface area contributed by atoms with E-state index in [2.05, 4.69) is 10.6 Å². The number of hydrogen-bond donors (Lipinski definition) is 3. The molecule has 2 aromatic rings. The molecule has 0 saturated heterocycles. The summed E-state index contributed by atoms with van der Waals surface area (Å²) >= 11 is 0. The van der Waals surface area contributed by atoms with Crippen LogP contribution in [-0.2, 0) is 14.4 Å². The van der Waals surface area contributed by atoms with Gasteiger partial charge in [-0.1, -0.05) is 30.3 Å². The summed E-state index contributed by atoms with van der Waals surface area (Å²) in [5, 5.41) is 14.2. The molecule has 10 heteroatoms. The number of aliphatic carboxylic acids is 1. The van der Waals surface area contributed by atoms with Crippen LogP contribution in [0.4, 0.5) is 4.79 Å². The number of carboxylic acids is 1. The molecular formula is C23H24N3NaO6. The van der Waals surface area contributed by atoms with Crippen LogP contribution in [0.3, 0.4) is 0 Å². The smallest absolute Gasteiger partial charge is 1.00 e. The Morgan fingerprint density at radius 3 is 2.61 bits per heavy atom. The molecule has 168 valence electrons. The van der Waals surface area contributed by atoms with Gasteiger partial charge >= 0.3 is 41.6 Å². The van der Waals surface area contributed by atoms with Crippen LogP contribution in [0.25, 0.3) is 0 Å². The molecule has 0 fully saturated rings. The van der Waals surface area contributed by atoms with Crippen molar-refractivity contribution in [2.24, 2.45) is 0 Å². The summed E-state index contributed by atoms with van der Waals surface area (Å²) in [6, 6.07) is 11.0. The molecule has 0 bridgehead atoms. The van der Waals surface area contributed by atoms with Gasteiger partial charge in [-0.25, -0.2) is 4.79 Å². The van der Waals surface area contributed by atoms with Crippen LogP contribution in [-0.4, -0.2) is 46.8 Å². The number of amides is 3. The van der Waals surface area contributed by atoms with Crippen molar-refractivity contribution in [3.05, 3.63) is 71.9 Å². The van der Waals surface area contributed by atoms with Crippen LogP contribution < -0.4 is 44.9 Å². The minimum absolute atomic E-state index is 0. The topological polar surface area (TPSA) is 125 Å². The van der Waals surface area contributed by atoms with Crippen molar-refractivity contribution in [3.63, 3.8) is 0 Å². The summed E-state index contributed by atoms with van der Waals surface area (Å²) in [7, 11) is 1.46. The van der Waals surface area contributed by atoms with Crippen molar-refractivity contribution in [2.45, 2.75) is 25.4 Å². The predicted octanol–water partition coefficient (Wildman–Crippen LogP) is -0.358. The molecule has 33 heavy (non-hydrogen) atoms. The molecule has 0 aromatic heterocycles. The van der Waals surface area contributed by atoms with Gasteiger partial charge in [-0.15, -0.1) is 0 Å². The number of aryl methyl sites for hydroxylation is 1. The quantitative estimate of drug-likeness (QED) is 0.382. The summed E-state index contributed by atoms with van der Waals surface area (Å²) in [5.41, 5.74) is 1.42. The molecule has 3 N–H and O–H groups in total. The Morgan fingerprint density at radius 2 is 1.91 bits per heavy atom. The molecule has 1 aliphatic rings. The van der Waals surface area contributed by atoms with Crippen LogP contribution in [0.15, 0.2) is 60.8 Å². The Labute approximate surface area is 214 Å². The fourth-order valence-electron chi connectivity index (χ4n) is 3.16. The van der Waals surface area contributed by atoms with Gasteiger partial charge in [0.05, 0.1) is 12.5 Å². The number of nitrogens with zero attached hydrogens (tertiary/aromatic N) is 1. The number of benzene rings is 2. The largest absolute Gasteiger partial charge is 1.00 e. The fourth-order valence-corrected chi connectivity index (χ4v) is 3.16. The van der Waals surface area contributed by atoms with Gasteiger partial charge in [-0.05, 0) is 36.2 Å². The number of carbonyl (C=O) groups is 4. The second-order valence-corrected chi connectivity index (χ2v) is 7.31. The van der Waals surface area contributed by atoms with Gasteiger partial charge in [0.1, 0.15) is 11.5 Å². The number of para-hydroxylation sites is 1. The fraction of sp³-hybridized carbons (Fsp3) is 0.217. The number of urea groups is 1. The van der Waals surface area contributed by atoms with Gasteiger partial charge in [0.25, 0.3) is 5.91 Å². The molecule has 3 amide bonds. The Bertz CT molecular complexity index is 1090. The Hall–Kier alpha value is -3.14. The Balaban J connectivity index is 0.00000289. The second kappa shape index (κ2) is 11.6. The van der Waals surface area contributed by atoms with Crippen molar-refractivity contribution < 1.29 is 60.0 Å². The van der Waals surface area contributed by atoms with E-state index in [1.807, 2.05) is 31.2 Å². The first-order chi connectivity index (χ1) is 15.2. The minimum atomic E-state index is -1.37. The normalized spacial score (nSPS) is 15.9. The van der Waals surface area contributed by atoms with E-state index in [-0.39, 0.29) is 31.0 Å². The summed E-state index contributed by atoms with van der Waals surface area (Å²) in [4.78, 5) is 49.2. The average Bonchev–Trinajstić information content (AvgIpc) is 2.75. The maximum Gasteiger partial charge on any atom is 1.00 e. The van der Waals surface area contributed by atoms with Gasteiger partial charge in [0.2, 0.25) is 0 Å². The molecule has 3 rings (SSSR count). The number of hydrogen-bond acceptors (Lipinski definition) is 5. The zero-order chi connectivity index (χ0) is 23.3. The number of ketones is 1. The molecule has 9 nitrogen and oxygen atoms in total. The zero-order valence-electron chi connectivity index (χ0n) is 19.6. The Morgan fingerprint density at radius 1 is 1.18 bits per heavy atom. The number of nitrogens with one attached hydrogen (secondary N) is 2. The summed E-state index contributed by atoms with van der Waals surface area (Å²) < 4.78 is 5.89. The van der Waals surface area contributed by atoms with E-state index >= 15 is 0 Å². The van der Waals surface area contributed by atoms with Crippen molar-refractivity contribution in [1.82, 2.24) is 15.5 Å². The third kappa shape index (κ3) is 6.92. The molecule has 1 unspecified atom stereocenters. The van der Waals surface area contributed by atoms with E-state index in [9.17, 15) is 24.3 Å². The first kappa shape index (κ1) is 26.1.